The van der Waals surface area contributed by atoms with Gasteiger partial charge >= 0.3 is 6.03 Å². The molecule has 1 aliphatic carbocycles. The smallest absolute Gasteiger partial charge is 0.319 e. The van der Waals surface area contributed by atoms with E-state index in [1.165, 1.54) is 31.4 Å². The molecule has 0 unspecified atom stereocenters. The highest BCUT2D eigenvalue weighted by atomic mass is 19.1. The lowest BCUT2D eigenvalue weighted by atomic mass is 9.86. The minimum atomic E-state index is -0.288. The highest BCUT2D eigenvalue weighted by molar-refractivity contribution is 5.90. The maximum atomic E-state index is 13.0. The Morgan fingerprint density at radius 2 is 2.05 bits per heavy atom. The Morgan fingerprint density at radius 1 is 1.32 bits per heavy atom. The molecule has 0 bridgehead atoms. The summed E-state index contributed by atoms with van der Waals surface area (Å²) in [7, 11) is 0. The lowest BCUT2D eigenvalue weighted by Gasteiger charge is -2.29. The second-order valence-electron chi connectivity index (χ2n) is 5.43. The number of carbonyl (C=O) groups is 1. The zero-order valence-electron chi connectivity index (χ0n) is 11.5. The van der Waals surface area contributed by atoms with Crippen molar-refractivity contribution in [2.75, 3.05) is 5.32 Å². The number of benzene rings is 1. The van der Waals surface area contributed by atoms with Gasteiger partial charge in [-0.2, -0.15) is 0 Å². The number of carbonyl (C=O) groups excluding carboxylic acids is 1. The lowest BCUT2D eigenvalue weighted by Crippen LogP contribution is -2.43. The average Bonchev–Trinajstić information content (AvgIpc) is 2.36. The molecule has 4 heteroatoms. The number of anilines is 1. The third kappa shape index (κ3) is 3.69. The van der Waals surface area contributed by atoms with Gasteiger partial charge in [0.1, 0.15) is 5.82 Å². The van der Waals surface area contributed by atoms with Crippen LogP contribution in [0.5, 0.6) is 0 Å². The molecule has 1 aromatic rings. The van der Waals surface area contributed by atoms with E-state index >= 15 is 0 Å². The quantitative estimate of drug-likeness (QED) is 0.837. The Morgan fingerprint density at radius 3 is 2.74 bits per heavy atom. The van der Waals surface area contributed by atoms with E-state index in [-0.39, 0.29) is 17.9 Å². The van der Waals surface area contributed by atoms with E-state index in [4.69, 9.17) is 0 Å². The Hall–Kier alpha value is -1.58. The number of nitrogens with one attached hydrogen (secondary N) is 2. The van der Waals surface area contributed by atoms with Crippen LogP contribution in [0.25, 0.3) is 0 Å². The van der Waals surface area contributed by atoms with Crippen molar-refractivity contribution in [2.24, 2.45) is 5.92 Å². The van der Waals surface area contributed by atoms with Gasteiger partial charge in [-0.15, -0.1) is 0 Å². The molecule has 0 heterocycles. The van der Waals surface area contributed by atoms with Crippen LogP contribution >= 0.6 is 0 Å². The number of urea groups is 1. The van der Waals surface area contributed by atoms with Crippen molar-refractivity contribution in [3.63, 3.8) is 0 Å². The minimum absolute atomic E-state index is 0.201. The fourth-order valence-electron chi connectivity index (χ4n) is 2.62. The van der Waals surface area contributed by atoms with Crippen molar-refractivity contribution < 1.29 is 9.18 Å². The van der Waals surface area contributed by atoms with E-state index in [0.29, 0.717) is 11.6 Å². The van der Waals surface area contributed by atoms with Crippen LogP contribution in [0.2, 0.25) is 0 Å². The van der Waals surface area contributed by atoms with Crippen LogP contribution in [0.15, 0.2) is 18.2 Å². The summed E-state index contributed by atoms with van der Waals surface area (Å²) >= 11 is 0. The first-order valence-electron chi connectivity index (χ1n) is 6.90. The molecule has 1 fully saturated rings. The molecule has 19 heavy (non-hydrogen) atoms. The zero-order valence-corrected chi connectivity index (χ0v) is 11.5. The molecule has 0 aliphatic heterocycles. The van der Waals surface area contributed by atoms with E-state index in [1.807, 2.05) is 0 Å². The van der Waals surface area contributed by atoms with Crippen LogP contribution in [0.3, 0.4) is 0 Å². The summed E-state index contributed by atoms with van der Waals surface area (Å²) in [5, 5.41) is 5.80. The first-order valence-corrected chi connectivity index (χ1v) is 6.90. The van der Waals surface area contributed by atoms with Crippen molar-refractivity contribution >= 4 is 11.7 Å². The number of hydrogen-bond donors (Lipinski definition) is 2. The summed E-state index contributed by atoms with van der Waals surface area (Å²) in [6, 6.07) is 4.40. The molecule has 0 saturated heterocycles. The molecule has 1 aliphatic rings. The number of halogens is 1. The van der Waals surface area contributed by atoms with E-state index in [1.54, 1.807) is 13.0 Å². The van der Waals surface area contributed by atoms with Crippen LogP contribution in [0.1, 0.15) is 38.2 Å². The van der Waals surface area contributed by atoms with Gasteiger partial charge in [-0.05, 0) is 49.4 Å². The van der Waals surface area contributed by atoms with Crippen LogP contribution in [0.4, 0.5) is 14.9 Å². The van der Waals surface area contributed by atoms with Crippen molar-refractivity contribution in [3.05, 3.63) is 29.6 Å². The molecule has 2 atom stereocenters. The standard InChI is InChI=1S/C15H21FN2O/c1-10-5-3-4-6-13(10)17-15(19)18-14-8-7-12(16)9-11(14)2/h7-10,13H,3-6H2,1-2H3,(H2,17,18,19)/t10-,13-/m0/s1. The van der Waals surface area contributed by atoms with Gasteiger partial charge in [0.25, 0.3) is 0 Å². The molecule has 0 spiro atoms. The second-order valence-corrected chi connectivity index (χ2v) is 5.43. The maximum absolute atomic E-state index is 13.0. The number of aryl methyl sites for hydroxylation is 1. The summed E-state index contributed by atoms with van der Waals surface area (Å²) in [6.45, 7) is 3.95. The minimum Gasteiger partial charge on any atom is -0.335 e. The maximum Gasteiger partial charge on any atom is 0.319 e. The number of amides is 2. The van der Waals surface area contributed by atoms with Gasteiger partial charge in [-0.3, -0.25) is 0 Å². The predicted molar refractivity (Wildman–Crippen MR) is 74.7 cm³/mol. The fraction of sp³-hybridized carbons (Fsp3) is 0.533. The molecule has 0 radical (unpaired) electrons. The molecular formula is C15H21FN2O. The third-order valence-corrected chi connectivity index (χ3v) is 3.86. The van der Waals surface area contributed by atoms with E-state index < -0.39 is 0 Å². The van der Waals surface area contributed by atoms with Gasteiger partial charge in [0.2, 0.25) is 0 Å². The molecule has 1 saturated carbocycles. The normalized spacial score (nSPS) is 22.9. The Kier molecular flexibility index (Phi) is 4.40. The summed E-state index contributed by atoms with van der Waals surface area (Å²) < 4.78 is 13.0. The van der Waals surface area contributed by atoms with Gasteiger partial charge in [-0.1, -0.05) is 19.8 Å². The monoisotopic (exact) mass is 264 g/mol. The number of rotatable bonds is 2. The number of hydrogen-bond acceptors (Lipinski definition) is 1. The summed E-state index contributed by atoms with van der Waals surface area (Å²) in [5.74, 6) is 0.234. The Balaban J connectivity index is 1.93. The van der Waals surface area contributed by atoms with Crippen molar-refractivity contribution in [3.8, 4) is 0 Å². The van der Waals surface area contributed by atoms with Gasteiger partial charge < -0.3 is 10.6 Å². The van der Waals surface area contributed by atoms with Gasteiger partial charge in [0.05, 0.1) is 0 Å². The van der Waals surface area contributed by atoms with E-state index in [0.717, 1.165) is 12.0 Å². The molecule has 2 rings (SSSR count). The van der Waals surface area contributed by atoms with Crippen LogP contribution in [0, 0.1) is 18.7 Å². The molecular weight excluding hydrogens is 243 g/mol. The largest absolute Gasteiger partial charge is 0.335 e. The topological polar surface area (TPSA) is 41.1 Å². The molecule has 2 N–H and O–H groups in total. The van der Waals surface area contributed by atoms with Crippen LogP contribution in [-0.4, -0.2) is 12.1 Å². The van der Waals surface area contributed by atoms with Gasteiger partial charge in [0.15, 0.2) is 0 Å². The van der Waals surface area contributed by atoms with Gasteiger partial charge in [0, 0.05) is 11.7 Å². The van der Waals surface area contributed by atoms with E-state index in [9.17, 15) is 9.18 Å². The molecule has 3 nitrogen and oxygen atoms in total. The predicted octanol–water partition coefficient (Wildman–Crippen LogP) is 3.83. The Bertz CT molecular complexity index is 461. The van der Waals surface area contributed by atoms with Crippen molar-refractivity contribution in [1.29, 1.82) is 0 Å². The first kappa shape index (κ1) is 13.8. The summed E-state index contributed by atoms with van der Waals surface area (Å²) in [5.41, 5.74) is 1.38. The molecule has 1 aromatic carbocycles. The Labute approximate surface area is 113 Å². The lowest BCUT2D eigenvalue weighted by molar-refractivity contribution is 0.232. The summed E-state index contributed by atoms with van der Waals surface area (Å²) in [4.78, 5) is 11.9. The van der Waals surface area contributed by atoms with Gasteiger partial charge in [-0.25, -0.2) is 9.18 Å². The first-order chi connectivity index (χ1) is 9.06. The SMILES string of the molecule is Cc1cc(F)ccc1NC(=O)N[C@H]1CCCC[C@@H]1C. The van der Waals surface area contributed by atoms with E-state index in [2.05, 4.69) is 17.6 Å². The van der Waals surface area contributed by atoms with Crippen molar-refractivity contribution in [1.82, 2.24) is 5.32 Å². The zero-order chi connectivity index (χ0) is 13.8. The summed E-state index contributed by atoms with van der Waals surface area (Å²) in [6.07, 6.45) is 4.63. The third-order valence-electron chi connectivity index (χ3n) is 3.86. The van der Waals surface area contributed by atoms with Crippen LogP contribution < -0.4 is 10.6 Å². The average molecular weight is 264 g/mol. The highest BCUT2D eigenvalue weighted by Crippen LogP contribution is 2.24. The fourth-order valence-corrected chi connectivity index (χ4v) is 2.62. The molecule has 2 amide bonds. The molecule has 104 valence electrons. The second kappa shape index (κ2) is 6.04. The molecule has 0 aromatic heterocycles. The van der Waals surface area contributed by atoms with Crippen LogP contribution in [-0.2, 0) is 0 Å². The highest BCUT2D eigenvalue weighted by Gasteiger charge is 2.22. The van der Waals surface area contributed by atoms with Crippen molar-refractivity contribution in [2.45, 2.75) is 45.6 Å².